The van der Waals surface area contributed by atoms with E-state index in [1.165, 1.54) is 4.90 Å². The molecule has 6 nitrogen and oxygen atoms in total. The number of amides is 3. The molecule has 1 aliphatic heterocycles. The van der Waals surface area contributed by atoms with Gasteiger partial charge in [0.25, 0.3) is 0 Å². The molecule has 0 saturated carbocycles. The van der Waals surface area contributed by atoms with Crippen LogP contribution in [0.15, 0.2) is 0 Å². The summed E-state index contributed by atoms with van der Waals surface area (Å²) in [6, 6.07) is -0.813. The minimum absolute atomic E-state index is 0.0349. The van der Waals surface area contributed by atoms with E-state index in [2.05, 4.69) is 13.8 Å². The van der Waals surface area contributed by atoms with Gasteiger partial charge in [-0.25, -0.2) is 4.79 Å². The molecule has 1 fully saturated rings. The molecule has 1 rings (SSSR count). The third-order valence-corrected chi connectivity index (χ3v) is 3.85. The maximum absolute atomic E-state index is 12.3. The highest BCUT2D eigenvalue weighted by atomic mass is 16.2. The number of nitrogens with two attached hydrogens (primary N) is 2. The lowest BCUT2D eigenvalue weighted by Gasteiger charge is -2.28. The Morgan fingerprint density at radius 1 is 1.42 bits per heavy atom. The first kappa shape index (κ1) is 15.8. The molecule has 1 aliphatic rings. The van der Waals surface area contributed by atoms with Crippen LogP contribution in [0.5, 0.6) is 0 Å². The van der Waals surface area contributed by atoms with Crippen molar-refractivity contribution in [3.63, 3.8) is 0 Å². The molecule has 0 bridgehead atoms. The molecule has 4 N–H and O–H groups in total. The summed E-state index contributed by atoms with van der Waals surface area (Å²) < 4.78 is 0. The molecule has 110 valence electrons. The summed E-state index contributed by atoms with van der Waals surface area (Å²) in [6.07, 6.45) is 2.30. The zero-order chi connectivity index (χ0) is 14.6. The van der Waals surface area contributed by atoms with Gasteiger partial charge in [-0.3, -0.25) is 4.79 Å². The summed E-state index contributed by atoms with van der Waals surface area (Å²) in [5, 5.41) is 0. The minimum atomic E-state index is -0.511. The molecule has 0 aromatic carbocycles. The Labute approximate surface area is 115 Å². The Hall–Kier alpha value is -1.30. The molecule has 1 saturated heterocycles. The van der Waals surface area contributed by atoms with Gasteiger partial charge in [0, 0.05) is 26.2 Å². The molecule has 0 radical (unpaired) electrons. The Morgan fingerprint density at radius 3 is 2.58 bits per heavy atom. The van der Waals surface area contributed by atoms with E-state index < -0.39 is 12.1 Å². The Balaban J connectivity index is 2.50. The lowest BCUT2D eigenvalue weighted by Crippen LogP contribution is -2.49. The standard InChI is InChI=1S/C13H26N4O2/c1-9(2)10(14)6-8-16(3)12(18)11-5-4-7-17(11)13(15)19/h9-11H,4-8,14H2,1-3H3,(H2,15,19)/t10?,11-/m0/s1. The third kappa shape index (κ3) is 4.09. The molecular formula is C13H26N4O2. The van der Waals surface area contributed by atoms with E-state index in [-0.39, 0.29) is 11.9 Å². The topological polar surface area (TPSA) is 92.7 Å². The number of carbonyl (C=O) groups excluding carboxylic acids is 2. The van der Waals surface area contributed by atoms with E-state index in [1.54, 1.807) is 11.9 Å². The summed E-state index contributed by atoms with van der Waals surface area (Å²) in [5.74, 6) is 0.365. The van der Waals surface area contributed by atoms with E-state index in [0.29, 0.717) is 25.4 Å². The average molecular weight is 270 g/mol. The van der Waals surface area contributed by atoms with Gasteiger partial charge in [0.05, 0.1) is 0 Å². The normalized spacial score (nSPS) is 20.7. The largest absolute Gasteiger partial charge is 0.351 e. The molecule has 2 atom stereocenters. The molecule has 0 aromatic heterocycles. The van der Waals surface area contributed by atoms with Gasteiger partial charge in [0.1, 0.15) is 6.04 Å². The van der Waals surface area contributed by atoms with E-state index >= 15 is 0 Å². The van der Waals surface area contributed by atoms with Gasteiger partial charge in [0.2, 0.25) is 5.91 Å². The van der Waals surface area contributed by atoms with Gasteiger partial charge in [-0.15, -0.1) is 0 Å². The molecule has 19 heavy (non-hydrogen) atoms. The molecule has 1 unspecified atom stereocenters. The van der Waals surface area contributed by atoms with Gasteiger partial charge in [0.15, 0.2) is 0 Å². The predicted molar refractivity (Wildman–Crippen MR) is 74.4 cm³/mol. The second kappa shape index (κ2) is 6.75. The number of likely N-dealkylation sites (tertiary alicyclic amines) is 1. The van der Waals surface area contributed by atoms with Gasteiger partial charge < -0.3 is 21.3 Å². The molecular weight excluding hydrogens is 244 g/mol. The predicted octanol–water partition coefficient (Wildman–Crippen LogP) is 0.361. The van der Waals surface area contributed by atoms with Crippen LogP contribution in [0.2, 0.25) is 0 Å². The van der Waals surface area contributed by atoms with Gasteiger partial charge >= 0.3 is 6.03 Å². The van der Waals surface area contributed by atoms with E-state index in [9.17, 15) is 9.59 Å². The molecule has 6 heteroatoms. The number of rotatable bonds is 5. The van der Waals surface area contributed by atoms with Crippen LogP contribution in [0.4, 0.5) is 4.79 Å². The minimum Gasteiger partial charge on any atom is -0.351 e. The quantitative estimate of drug-likeness (QED) is 0.755. The van der Waals surface area contributed by atoms with Gasteiger partial charge in [-0.1, -0.05) is 13.8 Å². The highest BCUT2D eigenvalue weighted by Gasteiger charge is 2.34. The van der Waals surface area contributed by atoms with Gasteiger partial charge in [-0.2, -0.15) is 0 Å². The van der Waals surface area contributed by atoms with Crippen LogP contribution in [-0.2, 0) is 4.79 Å². The summed E-state index contributed by atoms with van der Waals surface area (Å²) in [6.45, 7) is 5.32. The van der Waals surface area contributed by atoms with E-state index in [0.717, 1.165) is 12.8 Å². The smallest absolute Gasteiger partial charge is 0.315 e. The van der Waals surface area contributed by atoms with Crippen LogP contribution in [0.1, 0.15) is 33.1 Å². The lowest BCUT2D eigenvalue weighted by molar-refractivity contribution is -0.133. The average Bonchev–Trinajstić information content (AvgIpc) is 2.83. The molecule has 0 spiro atoms. The summed E-state index contributed by atoms with van der Waals surface area (Å²) in [4.78, 5) is 26.7. The Morgan fingerprint density at radius 2 is 2.05 bits per heavy atom. The van der Waals surface area contributed by atoms with Crippen LogP contribution in [0.3, 0.4) is 0 Å². The SMILES string of the molecule is CC(C)C(N)CCN(C)C(=O)[C@@H]1CCCN1C(N)=O. The van der Waals surface area contributed by atoms with Crippen molar-refractivity contribution in [2.24, 2.45) is 17.4 Å². The van der Waals surface area contributed by atoms with Crippen molar-refractivity contribution in [1.82, 2.24) is 9.80 Å². The van der Waals surface area contributed by atoms with Crippen molar-refractivity contribution in [3.8, 4) is 0 Å². The number of urea groups is 1. The maximum atomic E-state index is 12.3. The zero-order valence-electron chi connectivity index (χ0n) is 12.1. The highest BCUT2D eigenvalue weighted by Crippen LogP contribution is 2.18. The number of nitrogens with zero attached hydrogens (tertiary/aromatic N) is 2. The summed E-state index contributed by atoms with van der Waals surface area (Å²) in [5.41, 5.74) is 11.3. The fourth-order valence-corrected chi connectivity index (χ4v) is 2.33. The highest BCUT2D eigenvalue weighted by molar-refractivity contribution is 5.87. The first-order chi connectivity index (χ1) is 8.84. The van der Waals surface area contributed by atoms with Crippen LogP contribution >= 0.6 is 0 Å². The second-order valence-corrected chi connectivity index (χ2v) is 5.65. The van der Waals surface area contributed by atoms with Crippen molar-refractivity contribution >= 4 is 11.9 Å². The fraction of sp³-hybridized carbons (Fsp3) is 0.846. The summed E-state index contributed by atoms with van der Waals surface area (Å²) >= 11 is 0. The number of hydrogen-bond acceptors (Lipinski definition) is 3. The van der Waals surface area contributed by atoms with Crippen molar-refractivity contribution in [3.05, 3.63) is 0 Å². The molecule has 3 amide bonds. The first-order valence-electron chi connectivity index (χ1n) is 6.91. The third-order valence-electron chi connectivity index (χ3n) is 3.85. The van der Waals surface area contributed by atoms with Crippen molar-refractivity contribution in [2.75, 3.05) is 20.1 Å². The maximum Gasteiger partial charge on any atom is 0.315 e. The van der Waals surface area contributed by atoms with Crippen LogP contribution in [0, 0.1) is 5.92 Å². The number of carbonyl (C=O) groups is 2. The number of primary amides is 1. The van der Waals surface area contributed by atoms with Crippen LogP contribution in [-0.4, -0.2) is 54.0 Å². The fourth-order valence-electron chi connectivity index (χ4n) is 2.33. The Kier molecular flexibility index (Phi) is 5.60. The van der Waals surface area contributed by atoms with Crippen molar-refractivity contribution < 1.29 is 9.59 Å². The second-order valence-electron chi connectivity index (χ2n) is 5.65. The van der Waals surface area contributed by atoms with Crippen molar-refractivity contribution in [2.45, 2.75) is 45.2 Å². The lowest BCUT2D eigenvalue weighted by atomic mass is 10.0. The monoisotopic (exact) mass is 270 g/mol. The molecule has 1 heterocycles. The van der Waals surface area contributed by atoms with E-state index in [1.807, 2.05) is 0 Å². The van der Waals surface area contributed by atoms with E-state index in [4.69, 9.17) is 11.5 Å². The summed E-state index contributed by atoms with van der Waals surface area (Å²) in [7, 11) is 1.76. The number of hydrogen-bond donors (Lipinski definition) is 2. The Bertz CT molecular complexity index is 333. The zero-order valence-corrected chi connectivity index (χ0v) is 12.1. The van der Waals surface area contributed by atoms with Crippen LogP contribution < -0.4 is 11.5 Å². The molecule has 0 aliphatic carbocycles. The van der Waals surface area contributed by atoms with Crippen LogP contribution in [0.25, 0.3) is 0 Å². The van der Waals surface area contributed by atoms with Gasteiger partial charge in [-0.05, 0) is 25.2 Å². The van der Waals surface area contributed by atoms with Crippen molar-refractivity contribution in [1.29, 1.82) is 0 Å². The number of likely N-dealkylation sites (N-methyl/N-ethyl adjacent to an activating group) is 1. The first-order valence-corrected chi connectivity index (χ1v) is 6.91. The molecule has 0 aromatic rings.